The molecule has 1 aliphatic rings. The van der Waals surface area contributed by atoms with E-state index in [1.54, 1.807) is 0 Å². The van der Waals surface area contributed by atoms with E-state index < -0.39 is 0 Å². The molecule has 1 N–H and O–H groups in total. The Balaban J connectivity index is 2.67. The SMILES string of the molecule is CNC1CCN(C(C)(C)C)C1=O. The Morgan fingerprint density at radius 1 is 1.50 bits per heavy atom. The minimum absolute atomic E-state index is 0.0251. The third-order valence-corrected chi connectivity index (χ3v) is 2.36. The van der Waals surface area contributed by atoms with Crippen molar-refractivity contribution in [1.82, 2.24) is 10.2 Å². The number of nitrogens with zero attached hydrogens (tertiary/aromatic N) is 1. The fourth-order valence-electron chi connectivity index (χ4n) is 1.61. The molecule has 1 saturated heterocycles. The van der Waals surface area contributed by atoms with Gasteiger partial charge in [-0.3, -0.25) is 4.79 Å². The molecule has 70 valence electrons. The lowest BCUT2D eigenvalue weighted by molar-refractivity contribution is -0.133. The lowest BCUT2D eigenvalue weighted by Crippen LogP contribution is -2.46. The van der Waals surface area contributed by atoms with Crippen molar-refractivity contribution in [1.29, 1.82) is 0 Å². The van der Waals surface area contributed by atoms with Crippen LogP contribution in [0.15, 0.2) is 0 Å². The molecule has 0 radical (unpaired) electrons. The van der Waals surface area contributed by atoms with Gasteiger partial charge in [0.25, 0.3) is 0 Å². The van der Waals surface area contributed by atoms with Crippen LogP contribution in [0.4, 0.5) is 0 Å². The van der Waals surface area contributed by atoms with Gasteiger partial charge in [0.15, 0.2) is 0 Å². The molecule has 1 heterocycles. The van der Waals surface area contributed by atoms with Gasteiger partial charge in [-0.2, -0.15) is 0 Å². The summed E-state index contributed by atoms with van der Waals surface area (Å²) in [5.41, 5.74) is -0.0251. The van der Waals surface area contributed by atoms with Crippen molar-refractivity contribution < 1.29 is 4.79 Å². The van der Waals surface area contributed by atoms with Crippen molar-refractivity contribution >= 4 is 5.91 Å². The summed E-state index contributed by atoms with van der Waals surface area (Å²) in [6.45, 7) is 7.10. The number of nitrogens with one attached hydrogen (secondary N) is 1. The van der Waals surface area contributed by atoms with Crippen LogP contribution in [-0.2, 0) is 4.79 Å². The molecular formula is C9H18N2O. The summed E-state index contributed by atoms with van der Waals surface area (Å²) in [5, 5.41) is 3.02. The summed E-state index contributed by atoms with van der Waals surface area (Å²) in [4.78, 5) is 13.6. The standard InChI is InChI=1S/C9H18N2O/c1-9(2,3)11-6-5-7(10-4)8(11)12/h7,10H,5-6H2,1-4H3. The van der Waals surface area contributed by atoms with E-state index in [0.29, 0.717) is 0 Å². The predicted octanol–water partition coefficient (Wildman–Crippen LogP) is 0.605. The van der Waals surface area contributed by atoms with Gasteiger partial charge in [0.05, 0.1) is 6.04 Å². The summed E-state index contributed by atoms with van der Waals surface area (Å²) in [6.07, 6.45) is 0.937. The Morgan fingerprint density at radius 3 is 2.33 bits per heavy atom. The third-order valence-electron chi connectivity index (χ3n) is 2.36. The molecule has 0 aliphatic carbocycles. The van der Waals surface area contributed by atoms with Crippen LogP contribution < -0.4 is 5.32 Å². The molecule has 12 heavy (non-hydrogen) atoms. The molecule has 3 heteroatoms. The van der Waals surface area contributed by atoms with Crippen LogP contribution in [-0.4, -0.2) is 36.0 Å². The molecule has 1 amide bonds. The van der Waals surface area contributed by atoms with Crippen molar-refractivity contribution in [2.45, 2.75) is 38.8 Å². The number of hydrogen-bond donors (Lipinski definition) is 1. The second kappa shape index (κ2) is 3.05. The monoisotopic (exact) mass is 170 g/mol. The highest BCUT2D eigenvalue weighted by atomic mass is 16.2. The number of hydrogen-bond acceptors (Lipinski definition) is 2. The predicted molar refractivity (Wildman–Crippen MR) is 48.9 cm³/mol. The third kappa shape index (κ3) is 1.61. The van der Waals surface area contributed by atoms with Crippen LogP contribution in [0.5, 0.6) is 0 Å². The van der Waals surface area contributed by atoms with Crippen LogP contribution in [0.2, 0.25) is 0 Å². The zero-order valence-electron chi connectivity index (χ0n) is 8.35. The largest absolute Gasteiger partial charge is 0.336 e. The second-order valence-electron chi connectivity index (χ2n) is 4.29. The van der Waals surface area contributed by atoms with Crippen molar-refractivity contribution in [3.63, 3.8) is 0 Å². The minimum Gasteiger partial charge on any atom is -0.336 e. The van der Waals surface area contributed by atoms with Gasteiger partial charge in [0, 0.05) is 12.1 Å². The van der Waals surface area contributed by atoms with E-state index in [-0.39, 0.29) is 17.5 Å². The average Bonchev–Trinajstić information content (AvgIpc) is 2.29. The van der Waals surface area contributed by atoms with Gasteiger partial charge in [-0.05, 0) is 34.2 Å². The van der Waals surface area contributed by atoms with Gasteiger partial charge in [-0.25, -0.2) is 0 Å². The first kappa shape index (κ1) is 9.52. The normalized spacial score (nSPS) is 25.2. The Bertz CT molecular complexity index is 183. The van der Waals surface area contributed by atoms with Gasteiger partial charge in [-0.1, -0.05) is 0 Å². The Morgan fingerprint density at radius 2 is 2.08 bits per heavy atom. The van der Waals surface area contributed by atoms with Crippen LogP contribution in [0.3, 0.4) is 0 Å². The lowest BCUT2D eigenvalue weighted by Gasteiger charge is -2.31. The van der Waals surface area contributed by atoms with E-state index in [9.17, 15) is 4.79 Å². The molecule has 1 unspecified atom stereocenters. The van der Waals surface area contributed by atoms with Gasteiger partial charge in [0.2, 0.25) is 5.91 Å². The fraction of sp³-hybridized carbons (Fsp3) is 0.889. The first-order valence-electron chi connectivity index (χ1n) is 4.45. The zero-order valence-corrected chi connectivity index (χ0v) is 8.35. The van der Waals surface area contributed by atoms with Crippen LogP contribution in [0.25, 0.3) is 0 Å². The number of likely N-dealkylation sites (tertiary alicyclic amines) is 1. The maximum atomic E-state index is 11.6. The van der Waals surface area contributed by atoms with E-state index in [1.807, 2.05) is 11.9 Å². The summed E-state index contributed by atoms with van der Waals surface area (Å²) in [6, 6.07) is 0.0456. The molecule has 1 atom stereocenters. The summed E-state index contributed by atoms with van der Waals surface area (Å²) in [5.74, 6) is 0.241. The minimum atomic E-state index is -0.0251. The Labute approximate surface area is 74.1 Å². The quantitative estimate of drug-likeness (QED) is 0.625. The van der Waals surface area contributed by atoms with Crippen LogP contribution in [0, 0.1) is 0 Å². The van der Waals surface area contributed by atoms with Gasteiger partial charge in [-0.15, -0.1) is 0 Å². The summed E-state index contributed by atoms with van der Waals surface area (Å²) in [7, 11) is 1.84. The molecule has 3 nitrogen and oxygen atoms in total. The molecule has 0 aromatic carbocycles. The van der Waals surface area contributed by atoms with E-state index >= 15 is 0 Å². The fourth-order valence-corrected chi connectivity index (χ4v) is 1.61. The molecule has 0 aromatic rings. The van der Waals surface area contributed by atoms with Crippen molar-refractivity contribution in [3.05, 3.63) is 0 Å². The number of rotatable bonds is 1. The maximum absolute atomic E-state index is 11.6. The molecule has 1 aliphatic heterocycles. The highest BCUT2D eigenvalue weighted by Crippen LogP contribution is 2.21. The summed E-state index contributed by atoms with van der Waals surface area (Å²) >= 11 is 0. The second-order valence-corrected chi connectivity index (χ2v) is 4.29. The number of carbonyl (C=O) groups excluding carboxylic acids is 1. The van der Waals surface area contributed by atoms with Crippen molar-refractivity contribution in [2.24, 2.45) is 0 Å². The average molecular weight is 170 g/mol. The molecule has 0 aromatic heterocycles. The smallest absolute Gasteiger partial charge is 0.240 e. The molecule has 0 spiro atoms. The van der Waals surface area contributed by atoms with E-state index in [2.05, 4.69) is 26.1 Å². The molecular weight excluding hydrogens is 152 g/mol. The lowest BCUT2D eigenvalue weighted by atomic mass is 10.1. The van der Waals surface area contributed by atoms with E-state index in [0.717, 1.165) is 13.0 Å². The number of amides is 1. The van der Waals surface area contributed by atoms with Gasteiger partial charge in [0.1, 0.15) is 0 Å². The van der Waals surface area contributed by atoms with Crippen LogP contribution in [0.1, 0.15) is 27.2 Å². The number of likely N-dealkylation sites (N-methyl/N-ethyl adjacent to an activating group) is 1. The highest BCUT2D eigenvalue weighted by molar-refractivity contribution is 5.84. The van der Waals surface area contributed by atoms with Crippen LogP contribution >= 0.6 is 0 Å². The van der Waals surface area contributed by atoms with Crippen molar-refractivity contribution in [3.8, 4) is 0 Å². The van der Waals surface area contributed by atoms with E-state index in [1.165, 1.54) is 0 Å². The van der Waals surface area contributed by atoms with Gasteiger partial charge < -0.3 is 10.2 Å². The van der Waals surface area contributed by atoms with Crippen molar-refractivity contribution in [2.75, 3.05) is 13.6 Å². The number of carbonyl (C=O) groups is 1. The Kier molecular flexibility index (Phi) is 2.42. The summed E-state index contributed by atoms with van der Waals surface area (Å²) < 4.78 is 0. The maximum Gasteiger partial charge on any atom is 0.240 e. The van der Waals surface area contributed by atoms with E-state index in [4.69, 9.17) is 0 Å². The Hall–Kier alpha value is -0.570. The zero-order chi connectivity index (χ0) is 9.35. The first-order valence-corrected chi connectivity index (χ1v) is 4.45. The molecule has 1 rings (SSSR count). The van der Waals surface area contributed by atoms with Gasteiger partial charge >= 0.3 is 0 Å². The highest BCUT2D eigenvalue weighted by Gasteiger charge is 2.36. The molecule has 0 bridgehead atoms. The molecule has 1 fully saturated rings. The molecule has 0 saturated carbocycles. The topological polar surface area (TPSA) is 32.3 Å². The first-order chi connectivity index (χ1) is 5.46.